The lowest BCUT2D eigenvalue weighted by Crippen LogP contribution is -2.24. The average Bonchev–Trinajstić information content (AvgIpc) is 2.67. The SMILES string of the molecule is COc1cc(C[C@H](CO)Oc2ccc(CCCO)cc2OC)ccc1O. The van der Waals surface area contributed by atoms with Gasteiger partial charge in [0.25, 0.3) is 0 Å². The van der Waals surface area contributed by atoms with Crippen molar-refractivity contribution in [1.29, 1.82) is 0 Å². The molecule has 0 saturated carbocycles. The summed E-state index contributed by atoms with van der Waals surface area (Å²) in [5.41, 5.74) is 1.92. The van der Waals surface area contributed by atoms with Crippen LogP contribution in [0, 0.1) is 0 Å². The molecule has 0 spiro atoms. The first-order chi connectivity index (χ1) is 12.6. The molecule has 0 heterocycles. The van der Waals surface area contributed by atoms with Crippen molar-refractivity contribution in [3.63, 3.8) is 0 Å². The number of methoxy groups -OCH3 is 2. The molecule has 0 saturated heterocycles. The summed E-state index contributed by atoms with van der Waals surface area (Å²) in [6.07, 6.45) is 1.42. The number of phenols is 1. The van der Waals surface area contributed by atoms with Crippen LogP contribution in [0.5, 0.6) is 23.0 Å². The lowest BCUT2D eigenvalue weighted by Gasteiger charge is -2.20. The number of aryl methyl sites for hydroxylation is 1. The Hall–Kier alpha value is -2.44. The van der Waals surface area contributed by atoms with Crippen LogP contribution in [0.4, 0.5) is 0 Å². The smallest absolute Gasteiger partial charge is 0.161 e. The van der Waals surface area contributed by atoms with E-state index in [9.17, 15) is 10.2 Å². The highest BCUT2D eigenvalue weighted by Gasteiger charge is 2.15. The van der Waals surface area contributed by atoms with Gasteiger partial charge in [0.2, 0.25) is 0 Å². The van der Waals surface area contributed by atoms with Crippen LogP contribution >= 0.6 is 0 Å². The van der Waals surface area contributed by atoms with Crippen molar-refractivity contribution in [1.82, 2.24) is 0 Å². The van der Waals surface area contributed by atoms with Crippen molar-refractivity contribution >= 4 is 0 Å². The van der Waals surface area contributed by atoms with Crippen LogP contribution in [0.15, 0.2) is 36.4 Å². The normalized spacial score (nSPS) is 11.8. The van der Waals surface area contributed by atoms with Gasteiger partial charge in [-0.3, -0.25) is 0 Å². The first kappa shape index (κ1) is 19.9. The maximum absolute atomic E-state index is 9.69. The van der Waals surface area contributed by atoms with Crippen molar-refractivity contribution in [2.45, 2.75) is 25.4 Å². The number of phenolic OH excluding ortho intramolecular Hbond substituents is 1. The lowest BCUT2D eigenvalue weighted by molar-refractivity contribution is 0.112. The molecule has 142 valence electrons. The monoisotopic (exact) mass is 362 g/mol. The van der Waals surface area contributed by atoms with Gasteiger partial charge >= 0.3 is 0 Å². The molecule has 6 heteroatoms. The number of ether oxygens (including phenoxy) is 3. The highest BCUT2D eigenvalue weighted by Crippen LogP contribution is 2.31. The van der Waals surface area contributed by atoms with Gasteiger partial charge in [-0.25, -0.2) is 0 Å². The summed E-state index contributed by atoms with van der Waals surface area (Å²) in [5, 5.41) is 28.3. The number of hydrogen-bond acceptors (Lipinski definition) is 6. The van der Waals surface area contributed by atoms with Crippen molar-refractivity contribution < 1.29 is 29.5 Å². The molecule has 0 aliphatic rings. The first-order valence-electron chi connectivity index (χ1n) is 8.52. The van der Waals surface area contributed by atoms with Gasteiger partial charge in [-0.1, -0.05) is 12.1 Å². The standard InChI is InChI=1S/C20H26O6/c1-24-19-12-15(5-7-17(19)23)10-16(13-22)26-18-8-6-14(4-3-9-21)11-20(18)25-2/h5-8,11-12,16,21-23H,3-4,9-10,13H2,1-2H3/t16-/m1/s1. The molecule has 2 rings (SSSR count). The summed E-state index contributed by atoms with van der Waals surface area (Å²) in [7, 11) is 3.05. The number of rotatable bonds is 10. The Kier molecular flexibility index (Phi) is 7.56. The second-order valence-corrected chi connectivity index (χ2v) is 5.95. The average molecular weight is 362 g/mol. The van der Waals surface area contributed by atoms with Crippen LogP contribution in [0.25, 0.3) is 0 Å². The molecular formula is C20H26O6. The molecule has 0 amide bonds. The van der Waals surface area contributed by atoms with Gasteiger partial charge in [0.15, 0.2) is 23.0 Å². The van der Waals surface area contributed by atoms with Crippen LogP contribution in [-0.2, 0) is 12.8 Å². The van der Waals surface area contributed by atoms with E-state index in [4.69, 9.17) is 19.3 Å². The fourth-order valence-corrected chi connectivity index (χ4v) is 2.68. The second-order valence-electron chi connectivity index (χ2n) is 5.95. The van der Waals surface area contributed by atoms with Crippen molar-refractivity contribution in [3.8, 4) is 23.0 Å². The largest absolute Gasteiger partial charge is 0.504 e. The first-order valence-corrected chi connectivity index (χ1v) is 8.52. The molecule has 0 aliphatic carbocycles. The van der Waals surface area contributed by atoms with Crippen molar-refractivity contribution in [2.24, 2.45) is 0 Å². The molecule has 0 aliphatic heterocycles. The van der Waals surface area contributed by atoms with E-state index in [1.54, 1.807) is 25.3 Å². The van der Waals surface area contributed by atoms with E-state index in [-0.39, 0.29) is 19.0 Å². The number of aliphatic hydroxyl groups excluding tert-OH is 2. The Bertz CT molecular complexity index is 701. The van der Waals surface area contributed by atoms with E-state index in [0.29, 0.717) is 30.1 Å². The van der Waals surface area contributed by atoms with Gasteiger partial charge in [0, 0.05) is 13.0 Å². The Balaban J connectivity index is 2.11. The summed E-state index contributed by atoms with van der Waals surface area (Å²) in [6.45, 7) is -0.0259. The molecular weight excluding hydrogens is 336 g/mol. The topological polar surface area (TPSA) is 88.4 Å². The predicted octanol–water partition coefficient (Wildman–Crippen LogP) is 2.32. The maximum atomic E-state index is 9.69. The third-order valence-corrected chi connectivity index (χ3v) is 4.06. The Morgan fingerprint density at radius 3 is 2.23 bits per heavy atom. The van der Waals surface area contributed by atoms with Gasteiger partial charge in [-0.15, -0.1) is 0 Å². The molecule has 6 nitrogen and oxygen atoms in total. The Morgan fingerprint density at radius 1 is 0.885 bits per heavy atom. The van der Waals surface area contributed by atoms with E-state index < -0.39 is 6.10 Å². The van der Waals surface area contributed by atoms with E-state index >= 15 is 0 Å². The van der Waals surface area contributed by atoms with Crippen molar-refractivity contribution in [2.75, 3.05) is 27.4 Å². The lowest BCUT2D eigenvalue weighted by atomic mass is 10.1. The minimum Gasteiger partial charge on any atom is -0.504 e. The molecule has 0 aromatic heterocycles. The zero-order valence-electron chi connectivity index (χ0n) is 15.1. The second kappa shape index (κ2) is 9.89. The molecule has 3 N–H and O–H groups in total. The maximum Gasteiger partial charge on any atom is 0.161 e. The summed E-state index contributed by atoms with van der Waals surface area (Å²) < 4.78 is 16.4. The van der Waals surface area contributed by atoms with E-state index in [1.807, 2.05) is 18.2 Å². The van der Waals surface area contributed by atoms with Gasteiger partial charge < -0.3 is 29.5 Å². The fourth-order valence-electron chi connectivity index (χ4n) is 2.68. The molecule has 2 aromatic carbocycles. The molecule has 2 aromatic rings. The van der Waals surface area contributed by atoms with Crippen LogP contribution < -0.4 is 14.2 Å². The predicted molar refractivity (Wildman–Crippen MR) is 98.3 cm³/mol. The third-order valence-electron chi connectivity index (χ3n) is 4.06. The minimum atomic E-state index is -0.471. The minimum absolute atomic E-state index is 0.0675. The number of aliphatic hydroxyl groups is 2. The number of aromatic hydroxyl groups is 1. The van der Waals surface area contributed by atoms with Gasteiger partial charge in [-0.05, 0) is 48.2 Å². The van der Waals surface area contributed by atoms with E-state index in [1.165, 1.54) is 7.11 Å². The molecule has 1 atom stereocenters. The van der Waals surface area contributed by atoms with Crippen molar-refractivity contribution in [3.05, 3.63) is 47.5 Å². The Labute approximate surface area is 153 Å². The zero-order chi connectivity index (χ0) is 18.9. The molecule has 26 heavy (non-hydrogen) atoms. The summed E-state index contributed by atoms with van der Waals surface area (Å²) in [6, 6.07) is 10.6. The molecule has 0 bridgehead atoms. The summed E-state index contributed by atoms with van der Waals surface area (Å²) in [4.78, 5) is 0. The Morgan fingerprint density at radius 2 is 1.58 bits per heavy atom. The van der Waals surface area contributed by atoms with Crippen LogP contribution in [0.3, 0.4) is 0 Å². The quantitative estimate of drug-likeness (QED) is 0.601. The number of hydrogen-bond donors (Lipinski definition) is 3. The molecule has 0 fully saturated rings. The molecule has 0 radical (unpaired) electrons. The fraction of sp³-hybridized carbons (Fsp3) is 0.400. The van der Waals surface area contributed by atoms with E-state index in [0.717, 1.165) is 17.5 Å². The van der Waals surface area contributed by atoms with Crippen LogP contribution in [-0.4, -0.2) is 48.9 Å². The van der Waals surface area contributed by atoms with Crippen LogP contribution in [0.1, 0.15) is 17.5 Å². The molecule has 0 unspecified atom stereocenters. The van der Waals surface area contributed by atoms with Gasteiger partial charge in [0.05, 0.1) is 20.8 Å². The summed E-state index contributed by atoms with van der Waals surface area (Å²) >= 11 is 0. The zero-order valence-corrected chi connectivity index (χ0v) is 15.1. The summed E-state index contributed by atoms with van der Waals surface area (Å²) in [5.74, 6) is 1.58. The highest BCUT2D eigenvalue weighted by atomic mass is 16.5. The van der Waals surface area contributed by atoms with Gasteiger partial charge in [0.1, 0.15) is 6.10 Å². The van der Waals surface area contributed by atoms with E-state index in [2.05, 4.69) is 0 Å². The third kappa shape index (κ3) is 5.28. The number of benzene rings is 2. The highest BCUT2D eigenvalue weighted by molar-refractivity contribution is 5.44. The van der Waals surface area contributed by atoms with Crippen LogP contribution in [0.2, 0.25) is 0 Å². The van der Waals surface area contributed by atoms with Gasteiger partial charge in [-0.2, -0.15) is 0 Å².